The van der Waals surface area contributed by atoms with E-state index < -0.39 is 5.76 Å². The number of hydrogen-bond acceptors (Lipinski definition) is 8. The van der Waals surface area contributed by atoms with Gasteiger partial charge in [0, 0.05) is 12.0 Å². The zero-order valence-electron chi connectivity index (χ0n) is 12.4. The highest BCUT2D eigenvalue weighted by Crippen LogP contribution is 2.31. The van der Waals surface area contributed by atoms with E-state index in [2.05, 4.69) is 15.1 Å². The molecule has 0 aromatic carbocycles. The maximum atomic E-state index is 11.7. The van der Waals surface area contributed by atoms with Gasteiger partial charge in [0.2, 0.25) is 5.89 Å². The Kier molecular flexibility index (Phi) is 3.67. The Balaban J connectivity index is 1.99. The van der Waals surface area contributed by atoms with Crippen LogP contribution in [0.4, 0.5) is 5.82 Å². The van der Waals surface area contributed by atoms with Crippen molar-refractivity contribution >= 4 is 27.4 Å². The highest BCUT2D eigenvalue weighted by Gasteiger charge is 2.15. The van der Waals surface area contributed by atoms with Gasteiger partial charge in [0.15, 0.2) is 5.82 Å². The molecule has 0 saturated carbocycles. The molecule has 116 valence electrons. The van der Waals surface area contributed by atoms with Gasteiger partial charge in [-0.15, -0.1) is 16.4 Å². The average Bonchev–Trinajstić information content (AvgIpc) is 2.92. The van der Waals surface area contributed by atoms with Crippen LogP contribution in [-0.4, -0.2) is 26.9 Å². The van der Waals surface area contributed by atoms with Crippen molar-refractivity contribution in [3.8, 4) is 0 Å². The molecule has 8 nitrogen and oxygen atoms in total. The maximum Gasteiger partial charge on any atom is 0.437 e. The molecule has 3 aromatic heterocycles. The summed E-state index contributed by atoms with van der Waals surface area (Å²) in [5.74, 6) is 0.471. The van der Waals surface area contributed by atoms with E-state index in [1.807, 2.05) is 13.8 Å². The number of methoxy groups -OCH3 is 1. The molecule has 3 rings (SSSR count). The Morgan fingerprint density at radius 1 is 1.36 bits per heavy atom. The average molecular weight is 321 g/mol. The summed E-state index contributed by atoms with van der Waals surface area (Å²) in [5, 5.41) is 4.90. The summed E-state index contributed by atoms with van der Waals surface area (Å²) in [6.07, 6.45) is 0. The van der Waals surface area contributed by atoms with E-state index in [0.717, 1.165) is 25.3 Å². The van der Waals surface area contributed by atoms with Crippen LogP contribution < -0.4 is 11.5 Å². The lowest BCUT2D eigenvalue weighted by Crippen LogP contribution is -2.18. The van der Waals surface area contributed by atoms with Crippen molar-refractivity contribution in [3.05, 3.63) is 32.7 Å². The highest BCUT2D eigenvalue weighted by molar-refractivity contribution is 7.18. The van der Waals surface area contributed by atoms with Gasteiger partial charge in [-0.2, -0.15) is 4.68 Å². The number of nitrogens with zero attached hydrogens (tertiary/aromatic N) is 4. The Bertz CT molecular complexity index is 895. The number of hydrogen-bond donors (Lipinski definition) is 1. The molecule has 3 aromatic rings. The first-order valence-electron chi connectivity index (χ1n) is 6.57. The normalized spacial score (nSPS) is 11.4. The van der Waals surface area contributed by atoms with Crippen molar-refractivity contribution < 1.29 is 9.15 Å². The molecule has 0 aliphatic rings. The Labute approximate surface area is 129 Å². The second-order valence-electron chi connectivity index (χ2n) is 4.84. The van der Waals surface area contributed by atoms with Crippen LogP contribution >= 0.6 is 11.3 Å². The molecule has 0 unspecified atom stereocenters. The predicted molar refractivity (Wildman–Crippen MR) is 81.9 cm³/mol. The highest BCUT2D eigenvalue weighted by atomic mass is 32.1. The molecular weight excluding hydrogens is 306 g/mol. The summed E-state index contributed by atoms with van der Waals surface area (Å²) in [6.45, 7) is 4.24. The quantitative estimate of drug-likeness (QED) is 0.769. The van der Waals surface area contributed by atoms with E-state index in [0.29, 0.717) is 11.6 Å². The Hall–Kier alpha value is -2.26. The molecule has 2 N–H and O–H groups in total. The number of aryl methyl sites for hydroxylation is 2. The zero-order valence-corrected chi connectivity index (χ0v) is 13.2. The molecule has 0 bridgehead atoms. The van der Waals surface area contributed by atoms with Gasteiger partial charge in [0.1, 0.15) is 23.8 Å². The molecule has 0 spiro atoms. The second-order valence-corrected chi connectivity index (χ2v) is 6.04. The molecule has 9 heteroatoms. The van der Waals surface area contributed by atoms with Gasteiger partial charge in [0.05, 0.1) is 5.39 Å². The lowest BCUT2D eigenvalue weighted by atomic mass is 10.2. The van der Waals surface area contributed by atoms with E-state index in [1.165, 1.54) is 7.11 Å². The van der Waals surface area contributed by atoms with Crippen molar-refractivity contribution in [2.75, 3.05) is 12.8 Å². The molecule has 3 heterocycles. The number of rotatable bonds is 4. The molecular formula is C13H15N5O3S. The van der Waals surface area contributed by atoms with E-state index in [-0.39, 0.29) is 19.0 Å². The van der Waals surface area contributed by atoms with E-state index in [1.54, 1.807) is 11.3 Å². The Morgan fingerprint density at radius 3 is 2.86 bits per heavy atom. The summed E-state index contributed by atoms with van der Waals surface area (Å²) in [7, 11) is 1.50. The first kappa shape index (κ1) is 14.7. The third kappa shape index (κ3) is 2.48. The fourth-order valence-electron chi connectivity index (χ4n) is 2.16. The van der Waals surface area contributed by atoms with Crippen LogP contribution in [0.5, 0.6) is 0 Å². The molecule has 22 heavy (non-hydrogen) atoms. The third-order valence-corrected chi connectivity index (χ3v) is 4.41. The van der Waals surface area contributed by atoms with Crippen molar-refractivity contribution in [1.82, 2.24) is 19.7 Å². The SMILES string of the molecule is COCc1nn(Cc2nc(N)c3c(C)c(C)sc3n2)c(=O)o1. The van der Waals surface area contributed by atoms with Crippen LogP contribution in [-0.2, 0) is 17.9 Å². The van der Waals surface area contributed by atoms with Crippen LogP contribution in [0.1, 0.15) is 22.2 Å². The summed E-state index contributed by atoms with van der Waals surface area (Å²) < 4.78 is 11.0. The lowest BCUT2D eigenvalue weighted by Gasteiger charge is -2.02. The van der Waals surface area contributed by atoms with Crippen molar-refractivity contribution in [3.63, 3.8) is 0 Å². The van der Waals surface area contributed by atoms with Gasteiger partial charge < -0.3 is 14.9 Å². The minimum atomic E-state index is -0.576. The molecule has 0 aliphatic carbocycles. The summed E-state index contributed by atoms with van der Waals surface area (Å²) in [6, 6.07) is 0. The first-order chi connectivity index (χ1) is 10.5. The zero-order chi connectivity index (χ0) is 15.9. The fraction of sp³-hybridized carbons (Fsp3) is 0.385. The minimum absolute atomic E-state index is 0.0994. The molecule has 0 atom stereocenters. The lowest BCUT2D eigenvalue weighted by molar-refractivity contribution is 0.158. The summed E-state index contributed by atoms with van der Waals surface area (Å²) in [4.78, 5) is 22.4. The maximum absolute atomic E-state index is 11.7. The van der Waals surface area contributed by atoms with E-state index in [4.69, 9.17) is 14.9 Å². The predicted octanol–water partition coefficient (Wildman–Crippen LogP) is 1.23. The number of fused-ring (bicyclic) bond motifs is 1. The third-order valence-electron chi connectivity index (χ3n) is 3.31. The van der Waals surface area contributed by atoms with Crippen LogP contribution in [0.3, 0.4) is 0 Å². The van der Waals surface area contributed by atoms with Gasteiger partial charge in [0.25, 0.3) is 0 Å². The monoisotopic (exact) mass is 321 g/mol. The number of nitrogen functional groups attached to an aromatic ring is 1. The number of nitrogens with two attached hydrogens (primary N) is 1. The van der Waals surface area contributed by atoms with Gasteiger partial charge in [-0.05, 0) is 19.4 Å². The second kappa shape index (κ2) is 5.50. The van der Waals surface area contributed by atoms with Gasteiger partial charge >= 0.3 is 5.76 Å². The first-order valence-corrected chi connectivity index (χ1v) is 7.39. The van der Waals surface area contributed by atoms with E-state index >= 15 is 0 Å². The summed E-state index contributed by atoms with van der Waals surface area (Å²) >= 11 is 1.55. The molecule has 0 radical (unpaired) electrons. The number of ether oxygens (including phenoxy) is 1. The van der Waals surface area contributed by atoms with Gasteiger partial charge in [-0.1, -0.05) is 0 Å². The van der Waals surface area contributed by atoms with Crippen molar-refractivity contribution in [1.29, 1.82) is 0 Å². The largest absolute Gasteiger partial charge is 0.437 e. The number of anilines is 1. The van der Waals surface area contributed by atoms with E-state index in [9.17, 15) is 4.79 Å². The molecule has 0 saturated heterocycles. The van der Waals surface area contributed by atoms with Crippen LogP contribution in [0.25, 0.3) is 10.2 Å². The van der Waals surface area contributed by atoms with Crippen LogP contribution in [0, 0.1) is 13.8 Å². The topological polar surface area (TPSA) is 109 Å². The van der Waals surface area contributed by atoms with Crippen molar-refractivity contribution in [2.24, 2.45) is 0 Å². The Morgan fingerprint density at radius 2 is 2.14 bits per heavy atom. The molecule has 0 aliphatic heterocycles. The minimum Gasteiger partial charge on any atom is -0.390 e. The van der Waals surface area contributed by atoms with Crippen LogP contribution in [0.15, 0.2) is 9.21 Å². The number of thiophene rings is 1. The number of aromatic nitrogens is 4. The standard InChI is InChI=1S/C13H15N5O3S/c1-6-7(2)22-12-10(6)11(14)15-8(16-12)4-18-13(19)21-9(17-18)5-20-3/h4-5H2,1-3H3,(H2,14,15,16). The molecule has 0 fully saturated rings. The smallest absolute Gasteiger partial charge is 0.390 e. The van der Waals surface area contributed by atoms with Crippen molar-refractivity contribution in [2.45, 2.75) is 27.0 Å². The summed E-state index contributed by atoms with van der Waals surface area (Å²) in [5.41, 5.74) is 7.11. The van der Waals surface area contributed by atoms with Crippen LogP contribution in [0.2, 0.25) is 0 Å². The van der Waals surface area contributed by atoms with Gasteiger partial charge in [-0.25, -0.2) is 14.8 Å². The molecule has 0 amide bonds. The fourth-order valence-corrected chi connectivity index (χ4v) is 3.22. The van der Waals surface area contributed by atoms with Gasteiger partial charge in [-0.3, -0.25) is 0 Å².